The molecule has 0 heterocycles. The highest BCUT2D eigenvalue weighted by atomic mass is 16.5. The second kappa shape index (κ2) is 9.06. The largest absolute Gasteiger partial charge is 0.491 e. The molecule has 2 N–H and O–H groups in total. The van der Waals surface area contributed by atoms with Crippen LogP contribution in [0, 0.1) is 5.92 Å². The Labute approximate surface area is 128 Å². The van der Waals surface area contributed by atoms with Crippen LogP contribution in [0.15, 0.2) is 30.3 Å². The molecule has 118 valence electrons. The van der Waals surface area contributed by atoms with Gasteiger partial charge in [-0.25, -0.2) is 0 Å². The van der Waals surface area contributed by atoms with Crippen molar-refractivity contribution in [1.82, 2.24) is 5.32 Å². The zero-order valence-corrected chi connectivity index (χ0v) is 13.1. The van der Waals surface area contributed by atoms with Crippen LogP contribution in [0.5, 0.6) is 5.75 Å². The molecule has 21 heavy (non-hydrogen) atoms. The topological polar surface area (TPSA) is 41.5 Å². The van der Waals surface area contributed by atoms with Gasteiger partial charge in [0.1, 0.15) is 18.5 Å². The predicted molar refractivity (Wildman–Crippen MR) is 86.6 cm³/mol. The molecule has 0 aliphatic heterocycles. The van der Waals surface area contributed by atoms with E-state index in [2.05, 4.69) is 12.2 Å². The first-order valence-electron chi connectivity index (χ1n) is 8.35. The van der Waals surface area contributed by atoms with Gasteiger partial charge in [0.15, 0.2) is 0 Å². The second-order valence-electron chi connectivity index (χ2n) is 6.23. The third kappa shape index (κ3) is 6.06. The lowest BCUT2D eigenvalue weighted by molar-refractivity contribution is 0.101. The van der Waals surface area contributed by atoms with Crippen molar-refractivity contribution in [2.75, 3.05) is 13.2 Å². The van der Waals surface area contributed by atoms with Crippen LogP contribution >= 0.6 is 0 Å². The minimum atomic E-state index is -0.460. The van der Waals surface area contributed by atoms with E-state index in [0.29, 0.717) is 19.2 Å². The van der Waals surface area contributed by atoms with Crippen molar-refractivity contribution in [3.63, 3.8) is 0 Å². The molecule has 1 aromatic rings. The normalized spacial score (nSPS) is 19.7. The molecule has 0 aromatic heterocycles. The Morgan fingerprint density at radius 1 is 1.14 bits per heavy atom. The molecular formula is C18H29NO2. The Kier molecular flexibility index (Phi) is 7.04. The first kappa shape index (κ1) is 16.3. The van der Waals surface area contributed by atoms with Crippen molar-refractivity contribution in [2.24, 2.45) is 5.92 Å². The quantitative estimate of drug-likeness (QED) is 0.757. The Bertz CT molecular complexity index is 374. The van der Waals surface area contributed by atoms with Crippen LogP contribution in [-0.4, -0.2) is 30.4 Å². The van der Waals surface area contributed by atoms with Crippen LogP contribution < -0.4 is 10.1 Å². The molecule has 1 aliphatic carbocycles. The third-order valence-corrected chi connectivity index (χ3v) is 4.47. The molecule has 0 saturated heterocycles. The highest BCUT2D eigenvalue weighted by Crippen LogP contribution is 2.25. The van der Waals surface area contributed by atoms with Gasteiger partial charge in [-0.05, 0) is 37.8 Å². The van der Waals surface area contributed by atoms with Crippen molar-refractivity contribution < 1.29 is 9.84 Å². The van der Waals surface area contributed by atoms with E-state index in [4.69, 9.17) is 4.74 Å². The summed E-state index contributed by atoms with van der Waals surface area (Å²) in [4.78, 5) is 0. The van der Waals surface area contributed by atoms with Crippen LogP contribution in [0.1, 0.15) is 45.4 Å². The molecule has 2 rings (SSSR count). The molecule has 3 heteroatoms. The maximum atomic E-state index is 10.0. The monoisotopic (exact) mass is 291 g/mol. The van der Waals surface area contributed by atoms with Crippen LogP contribution in [0.3, 0.4) is 0 Å². The molecular weight excluding hydrogens is 262 g/mol. The summed E-state index contributed by atoms with van der Waals surface area (Å²) in [5, 5.41) is 13.5. The van der Waals surface area contributed by atoms with E-state index >= 15 is 0 Å². The van der Waals surface area contributed by atoms with Crippen LogP contribution in [0.25, 0.3) is 0 Å². The molecule has 1 saturated carbocycles. The van der Waals surface area contributed by atoms with Crippen LogP contribution in [0.2, 0.25) is 0 Å². The van der Waals surface area contributed by atoms with Gasteiger partial charge in [-0.15, -0.1) is 0 Å². The van der Waals surface area contributed by atoms with Crippen LogP contribution in [-0.2, 0) is 0 Å². The van der Waals surface area contributed by atoms with E-state index in [9.17, 15) is 5.11 Å². The Balaban J connectivity index is 1.64. The number of para-hydroxylation sites is 1. The zero-order valence-electron chi connectivity index (χ0n) is 13.1. The fraction of sp³-hybridized carbons (Fsp3) is 0.667. The maximum Gasteiger partial charge on any atom is 0.119 e. The van der Waals surface area contributed by atoms with Crippen molar-refractivity contribution in [2.45, 2.75) is 57.6 Å². The van der Waals surface area contributed by atoms with Crippen molar-refractivity contribution >= 4 is 0 Å². The lowest BCUT2D eigenvalue weighted by atomic mass is 9.93. The zero-order chi connectivity index (χ0) is 14.9. The summed E-state index contributed by atoms with van der Waals surface area (Å²) < 4.78 is 5.58. The van der Waals surface area contributed by atoms with Gasteiger partial charge >= 0.3 is 0 Å². The number of ether oxygens (including phenoxy) is 1. The smallest absolute Gasteiger partial charge is 0.119 e. The molecule has 0 amide bonds. The van der Waals surface area contributed by atoms with Crippen molar-refractivity contribution in [1.29, 1.82) is 0 Å². The maximum absolute atomic E-state index is 10.0. The van der Waals surface area contributed by atoms with Gasteiger partial charge in [-0.3, -0.25) is 0 Å². The molecule has 1 aliphatic rings. The van der Waals surface area contributed by atoms with Gasteiger partial charge in [-0.1, -0.05) is 43.9 Å². The first-order valence-corrected chi connectivity index (χ1v) is 8.35. The number of aliphatic hydroxyl groups excluding tert-OH is 1. The highest BCUT2D eigenvalue weighted by Gasteiger charge is 2.19. The summed E-state index contributed by atoms with van der Waals surface area (Å²) in [5.74, 6) is 1.57. The minimum Gasteiger partial charge on any atom is -0.491 e. The fourth-order valence-corrected chi connectivity index (χ4v) is 3.07. The van der Waals surface area contributed by atoms with E-state index in [1.807, 2.05) is 30.3 Å². The van der Waals surface area contributed by atoms with E-state index < -0.39 is 6.10 Å². The molecule has 0 spiro atoms. The highest BCUT2D eigenvalue weighted by molar-refractivity contribution is 5.20. The lowest BCUT2D eigenvalue weighted by Crippen LogP contribution is -2.40. The third-order valence-electron chi connectivity index (χ3n) is 4.47. The Morgan fingerprint density at radius 3 is 2.48 bits per heavy atom. The molecule has 3 nitrogen and oxygen atoms in total. The second-order valence-corrected chi connectivity index (χ2v) is 6.23. The van der Waals surface area contributed by atoms with Crippen molar-refractivity contribution in [3.05, 3.63) is 30.3 Å². The van der Waals surface area contributed by atoms with E-state index in [-0.39, 0.29) is 0 Å². The number of benzene rings is 1. The van der Waals surface area contributed by atoms with E-state index in [1.54, 1.807) is 0 Å². The first-order chi connectivity index (χ1) is 10.3. The molecule has 0 bridgehead atoms. The molecule has 2 atom stereocenters. The molecule has 1 unspecified atom stereocenters. The average molecular weight is 291 g/mol. The molecule has 1 fully saturated rings. The fourth-order valence-electron chi connectivity index (χ4n) is 3.07. The molecule has 1 aromatic carbocycles. The minimum absolute atomic E-state index is 0.342. The number of aliphatic hydroxyl groups is 1. The summed E-state index contributed by atoms with van der Waals surface area (Å²) in [5.41, 5.74) is 0. The summed E-state index contributed by atoms with van der Waals surface area (Å²) in [7, 11) is 0. The Morgan fingerprint density at radius 2 is 1.81 bits per heavy atom. The van der Waals surface area contributed by atoms with Gasteiger partial charge in [0.25, 0.3) is 0 Å². The summed E-state index contributed by atoms with van der Waals surface area (Å²) in [6, 6.07) is 10.1. The van der Waals surface area contributed by atoms with Crippen LogP contribution in [0.4, 0.5) is 0 Å². The van der Waals surface area contributed by atoms with Gasteiger partial charge in [0, 0.05) is 12.6 Å². The summed E-state index contributed by atoms with van der Waals surface area (Å²) >= 11 is 0. The summed E-state index contributed by atoms with van der Waals surface area (Å²) in [6.07, 6.45) is 7.67. The van der Waals surface area contributed by atoms with Crippen molar-refractivity contribution in [3.8, 4) is 5.75 Å². The number of nitrogens with one attached hydrogen (secondary N) is 1. The van der Waals surface area contributed by atoms with Gasteiger partial charge in [0.2, 0.25) is 0 Å². The Hall–Kier alpha value is -1.06. The van der Waals surface area contributed by atoms with Gasteiger partial charge in [0.05, 0.1) is 0 Å². The van der Waals surface area contributed by atoms with E-state index in [1.165, 1.54) is 38.5 Å². The van der Waals surface area contributed by atoms with E-state index in [0.717, 1.165) is 11.7 Å². The number of hydrogen-bond acceptors (Lipinski definition) is 3. The van der Waals surface area contributed by atoms with Gasteiger partial charge < -0.3 is 15.2 Å². The molecule has 0 radical (unpaired) electrons. The number of rotatable bonds is 7. The average Bonchev–Trinajstić information content (AvgIpc) is 2.81. The SMILES string of the molecule is C[C@@H](NCC(O)COc1ccccc1)C1CCCCCC1. The van der Waals surface area contributed by atoms with Gasteiger partial charge in [-0.2, -0.15) is 0 Å². The number of hydrogen-bond donors (Lipinski definition) is 2. The summed E-state index contributed by atoms with van der Waals surface area (Å²) in [6.45, 7) is 3.19. The lowest BCUT2D eigenvalue weighted by Gasteiger charge is -2.25. The predicted octanol–water partition coefficient (Wildman–Crippen LogP) is 3.37. The standard InChI is InChI=1S/C18H29NO2/c1-15(16-9-5-2-3-6-10-16)19-13-17(20)14-21-18-11-7-4-8-12-18/h4,7-8,11-12,15-17,19-20H,2-3,5-6,9-10,13-14H2,1H3/t15-,17?/m1/s1.